The lowest BCUT2D eigenvalue weighted by Gasteiger charge is -2.04. The van der Waals surface area contributed by atoms with Crippen LogP contribution >= 0.6 is 11.3 Å². The van der Waals surface area contributed by atoms with Crippen LogP contribution < -0.4 is 14.8 Å². The lowest BCUT2D eigenvalue weighted by Crippen LogP contribution is -2.23. The minimum atomic E-state index is -0.299. The van der Waals surface area contributed by atoms with E-state index in [4.69, 9.17) is 9.84 Å². The molecule has 0 unspecified atom stereocenters. The second-order valence-electron chi connectivity index (χ2n) is 8.64. The smallest absolute Gasteiger partial charge is 0.291 e. The van der Waals surface area contributed by atoms with Gasteiger partial charge in [-0.25, -0.2) is 9.07 Å². The molecule has 0 atom stereocenters. The summed E-state index contributed by atoms with van der Waals surface area (Å²) in [7, 11) is 0. The second kappa shape index (κ2) is 10.5. The summed E-state index contributed by atoms with van der Waals surface area (Å²) in [6.07, 6.45) is 7.21. The standard InChI is InChI=1S/C30H22FN5O2S/c1-2-38-25-15-11-21(12-16-25)28-22(19-35(34-28)24-6-4-3-5-7-24)18-26-29(37)36-30(39-26)32-27(33-36)17-10-20-8-13-23(31)14-9-20/h3-19H,2H2,1H3/b17-10+,26-18-. The van der Waals surface area contributed by atoms with Gasteiger partial charge in [-0.05, 0) is 73.2 Å². The van der Waals surface area contributed by atoms with E-state index in [9.17, 15) is 9.18 Å². The van der Waals surface area contributed by atoms with Crippen LogP contribution in [0, 0.1) is 5.82 Å². The molecule has 7 nitrogen and oxygen atoms in total. The molecule has 0 aliphatic rings. The normalized spacial score (nSPS) is 12.1. The third kappa shape index (κ3) is 5.12. The molecule has 0 saturated heterocycles. The molecule has 192 valence electrons. The van der Waals surface area contributed by atoms with Gasteiger partial charge in [-0.1, -0.05) is 47.7 Å². The molecule has 0 saturated carbocycles. The predicted octanol–water partition coefficient (Wildman–Crippen LogP) is 5.26. The van der Waals surface area contributed by atoms with Crippen molar-refractivity contribution < 1.29 is 9.13 Å². The van der Waals surface area contributed by atoms with E-state index in [0.717, 1.165) is 33.8 Å². The Morgan fingerprint density at radius 3 is 2.44 bits per heavy atom. The van der Waals surface area contributed by atoms with Crippen molar-refractivity contribution in [3.63, 3.8) is 0 Å². The van der Waals surface area contributed by atoms with Crippen molar-refractivity contribution in [2.75, 3.05) is 6.61 Å². The number of ether oxygens (including phenoxy) is 1. The van der Waals surface area contributed by atoms with Gasteiger partial charge in [0.1, 0.15) is 17.3 Å². The molecule has 0 spiro atoms. The van der Waals surface area contributed by atoms with Crippen LogP contribution in [-0.2, 0) is 0 Å². The predicted molar refractivity (Wildman–Crippen MR) is 151 cm³/mol. The number of thiazole rings is 1. The van der Waals surface area contributed by atoms with E-state index >= 15 is 0 Å². The zero-order valence-corrected chi connectivity index (χ0v) is 21.7. The Labute approximate surface area is 226 Å². The van der Waals surface area contributed by atoms with Crippen molar-refractivity contribution in [2.45, 2.75) is 6.92 Å². The average Bonchev–Trinajstić information content (AvgIpc) is 3.64. The van der Waals surface area contributed by atoms with Gasteiger partial charge in [0.15, 0.2) is 5.82 Å². The Kier molecular flexibility index (Phi) is 6.56. The molecule has 0 fully saturated rings. The van der Waals surface area contributed by atoms with E-state index in [1.54, 1.807) is 29.0 Å². The zero-order chi connectivity index (χ0) is 26.8. The number of hydrogen-bond donors (Lipinski definition) is 0. The summed E-state index contributed by atoms with van der Waals surface area (Å²) in [5.74, 6) is 0.889. The van der Waals surface area contributed by atoms with Crippen molar-refractivity contribution in [3.05, 3.63) is 123 Å². The Bertz CT molecular complexity index is 1890. The lowest BCUT2D eigenvalue weighted by molar-refractivity contribution is 0.340. The number of halogens is 1. The van der Waals surface area contributed by atoms with Crippen molar-refractivity contribution in [1.29, 1.82) is 0 Å². The van der Waals surface area contributed by atoms with Gasteiger partial charge >= 0.3 is 0 Å². The number of hydrogen-bond acceptors (Lipinski definition) is 6. The molecule has 9 heteroatoms. The Morgan fingerprint density at radius 1 is 0.949 bits per heavy atom. The summed E-state index contributed by atoms with van der Waals surface area (Å²) in [6.45, 7) is 2.53. The monoisotopic (exact) mass is 535 g/mol. The minimum absolute atomic E-state index is 0.256. The van der Waals surface area contributed by atoms with Crippen LogP contribution in [0.1, 0.15) is 23.9 Å². The van der Waals surface area contributed by atoms with Gasteiger partial charge in [0, 0.05) is 17.3 Å². The first-order chi connectivity index (χ1) is 19.1. The summed E-state index contributed by atoms with van der Waals surface area (Å²) in [5.41, 5.74) is 3.90. The fourth-order valence-corrected chi connectivity index (χ4v) is 5.02. The van der Waals surface area contributed by atoms with Gasteiger partial charge in [-0.15, -0.1) is 5.10 Å². The van der Waals surface area contributed by atoms with Gasteiger partial charge < -0.3 is 4.74 Å². The quantitative estimate of drug-likeness (QED) is 0.279. The van der Waals surface area contributed by atoms with E-state index in [0.29, 0.717) is 21.9 Å². The molecule has 3 aromatic carbocycles. The van der Waals surface area contributed by atoms with E-state index in [1.165, 1.54) is 28.0 Å². The number of nitrogens with zero attached hydrogens (tertiary/aromatic N) is 5. The second-order valence-corrected chi connectivity index (χ2v) is 9.64. The topological polar surface area (TPSA) is 74.3 Å². The van der Waals surface area contributed by atoms with Crippen LogP contribution in [0.15, 0.2) is 89.9 Å². The highest BCUT2D eigenvalue weighted by Gasteiger charge is 2.14. The number of rotatable bonds is 7. The Hall–Kier alpha value is -4.89. The summed E-state index contributed by atoms with van der Waals surface area (Å²) in [4.78, 5) is 18.2. The van der Waals surface area contributed by atoms with Crippen LogP contribution in [0.2, 0.25) is 0 Å². The van der Waals surface area contributed by atoms with Gasteiger partial charge in [0.05, 0.1) is 16.8 Å². The zero-order valence-electron chi connectivity index (χ0n) is 20.9. The fourth-order valence-electron chi connectivity index (χ4n) is 4.11. The molecule has 39 heavy (non-hydrogen) atoms. The molecular weight excluding hydrogens is 513 g/mol. The van der Waals surface area contributed by atoms with Crippen molar-refractivity contribution in [1.82, 2.24) is 24.4 Å². The SMILES string of the molecule is CCOc1ccc(-c2nn(-c3ccccc3)cc2/C=c2\sc3nc(/C=C/c4ccc(F)cc4)nn3c2=O)cc1. The van der Waals surface area contributed by atoms with Crippen molar-refractivity contribution in [2.24, 2.45) is 0 Å². The molecule has 6 rings (SSSR count). The first-order valence-electron chi connectivity index (χ1n) is 12.3. The van der Waals surface area contributed by atoms with Crippen LogP contribution in [0.25, 0.3) is 40.1 Å². The number of benzene rings is 3. The highest BCUT2D eigenvalue weighted by Crippen LogP contribution is 2.26. The molecule has 0 radical (unpaired) electrons. The molecule has 0 bridgehead atoms. The van der Waals surface area contributed by atoms with E-state index in [-0.39, 0.29) is 11.4 Å². The number of fused-ring (bicyclic) bond motifs is 1. The molecular formula is C30H22FN5O2S. The van der Waals surface area contributed by atoms with E-state index in [1.807, 2.05) is 73.8 Å². The summed E-state index contributed by atoms with van der Waals surface area (Å²) in [5, 5.41) is 9.20. The molecule has 6 aromatic rings. The van der Waals surface area contributed by atoms with Crippen molar-refractivity contribution >= 4 is 34.5 Å². The molecule has 3 aromatic heterocycles. The Balaban J connectivity index is 1.39. The maximum absolute atomic E-state index is 13.2. The molecule has 0 amide bonds. The highest BCUT2D eigenvalue weighted by molar-refractivity contribution is 7.15. The van der Waals surface area contributed by atoms with Crippen LogP contribution in [-0.4, -0.2) is 31.0 Å². The Morgan fingerprint density at radius 2 is 1.72 bits per heavy atom. The lowest BCUT2D eigenvalue weighted by atomic mass is 10.1. The third-order valence-corrected chi connectivity index (χ3v) is 6.94. The van der Waals surface area contributed by atoms with E-state index < -0.39 is 0 Å². The van der Waals surface area contributed by atoms with Crippen LogP contribution in [0.5, 0.6) is 5.75 Å². The maximum atomic E-state index is 13.2. The molecule has 0 aliphatic heterocycles. The summed E-state index contributed by atoms with van der Waals surface area (Å²) in [6, 6.07) is 23.6. The largest absolute Gasteiger partial charge is 0.494 e. The van der Waals surface area contributed by atoms with E-state index in [2.05, 4.69) is 10.1 Å². The molecule has 0 aliphatic carbocycles. The third-order valence-electron chi connectivity index (χ3n) is 5.98. The first kappa shape index (κ1) is 24.4. The molecule has 3 heterocycles. The fraction of sp³-hybridized carbons (Fsp3) is 0.0667. The van der Waals surface area contributed by atoms with Crippen LogP contribution in [0.4, 0.5) is 4.39 Å². The van der Waals surface area contributed by atoms with Gasteiger partial charge in [0.2, 0.25) is 4.96 Å². The van der Waals surface area contributed by atoms with Crippen molar-refractivity contribution in [3.8, 4) is 22.7 Å². The summed E-state index contributed by atoms with van der Waals surface area (Å²) >= 11 is 1.26. The highest BCUT2D eigenvalue weighted by atomic mass is 32.1. The molecule has 0 N–H and O–H groups in total. The first-order valence-corrected chi connectivity index (χ1v) is 13.1. The number of para-hydroxylation sites is 1. The summed E-state index contributed by atoms with van der Waals surface area (Å²) < 4.78 is 22.3. The van der Waals surface area contributed by atoms with Gasteiger partial charge in [-0.3, -0.25) is 4.79 Å². The van der Waals surface area contributed by atoms with Gasteiger partial charge in [0.25, 0.3) is 5.56 Å². The number of aromatic nitrogens is 5. The maximum Gasteiger partial charge on any atom is 0.291 e. The average molecular weight is 536 g/mol. The van der Waals surface area contributed by atoms with Gasteiger partial charge in [-0.2, -0.15) is 14.6 Å². The minimum Gasteiger partial charge on any atom is -0.494 e. The van der Waals surface area contributed by atoms with Crippen LogP contribution in [0.3, 0.4) is 0 Å².